The molecule has 0 aliphatic carbocycles. The van der Waals surface area contributed by atoms with Gasteiger partial charge in [-0.15, -0.1) is 0 Å². The molecule has 3 nitrogen and oxygen atoms in total. The largest absolute Gasteiger partial charge is 0.263 e. The Bertz CT molecular complexity index is 86.9. The van der Waals surface area contributed by atoms with Gasteiger partial charge in [0.15, 0.2) is 0 Å². The third-order valence-corrected chi connectivity index (χ3v) is 1.72. The summed E-state index contributed by atoms with van der Waals surface area (Å²) in [5, 5.41) is 9.96. The highest BCUT2D eigenvalue weighted by Gasteiger charge is 1.94. The van der Waals surface area contributed by atoms with Gasteiger partial charge in [-0.3, -0.25) is 14.5 Å². The summed E-state index contributed by atoms with van der Waals surface area (Å²) >= 11 is 0. The summed E-state index contributed by atoms with van der Waals surface area (Å²) in [7, 11) is -2.67. The quantitative estimate of drug-likeness (QED) is 0.413. The van der Waals surface area contributed by atoms with E-state index < -0.39 is 10.3 Å². The van der Waals surface area contributed by atoms with Crippen molar-refractivity contribution in [3.8, 4) is 0 Å². The molecule has 0 aromatic rings. The predicted molar refractivity (Wildman–Crippen MR) is 33.1 cm³/mol. The Morgan fingerprint density at radius 2 is 2.00 bits per heavy atom. The Morgan fingerprint density at radius 3 is 2.00 bits per heavy atom. The van der Waals surface area contributed by atoms with E-state index in [2.05, 4.69) is 0 Å². The fourth-order valence-corrected chi connectivity index (χ4v) is 1.05. The maximum atomic E-state index is 10.4. The Hall–Kier alpha value is 0.0700. The average molecular weight is 124 g/mol. The first-order chi connectivity index (χ1) is 3.06. The van der Waals surface area contributed by atoms with Crippen molar-refractivity contribution in [1.29, 1.82) is 0 Å². The van der Waals surface area contributed by atoms with E-state index in [-0.39, 0.29) is 0 Å². The summed E-state index contributed by atoms with van der Waals surface area (Å²) in [6.45, 7) is 1.90. The van der Waals surface area contributed by atoms with Gasteiger partial charge in [-0.05, 0) is 16.7 Å². The molecule has 0 radical (unpaired) electrons. The van der Waals surface area contributed by atoms with Crippen molar-refractivity contribution in [2.45, 2.75) is 13.3 Å². The molecular weight excluding hydrogens is 112 g/mol. The molecule has 4 heteroatoms. The standard InChI is InChI=1S/C3H12N2OS/c1-2-3-7(4,5)6/h7H,2-3H2,1H3,(H4,4,5,6). The summed E-state index contributed by atoms with van der Waals surface area (Å²) in [5.74, 6) is 0.451. The lowest BCUT2D eigenvalue weighted by Crippen LogP contribution is -2.35. The molecule has 0 fully saturated rings. The van der Waals surface area contributed by atoms with Crippen molar-refractivity contribution < 1.29 is 4.21 Å². The first kappa shape index (κ1) is 7.07. The molecule has 0 unspecified atom stereocenters. The third-order valence-electron chi connectivity index (χ3n) is 0.573. The highest BCUT2D eigenvalue weighted by Crippen LogP contribution is 1.83. The normalized spacial score (nSPS) is 14.1. The molecule has 0 amide bonds. The smallest absolute Gasteiger partial charge is 0.0242 e. The number of thiol groups is 1. The summed E-state index contributed by atoms with van der Waals surface area (Å²) in [6, 6.07) is 0. The van der Waals surface area contributed by atoms with E-state index in [1.54, 1.807) is 0 Å². The van der Waals surface area contributed by atoms with E-state index in [1.165, 1.54) is 0 Å². The van der Waals surface area contributed by atoms with Crippen LogP contribution in [-0.4, -0.2) is 9.96 Å². The molecule has 0 heterocycles. The molecule has 0 rings (SSSR count). The first-order valence-electron chi connectivity index (χ1n) is 2.22. The Balaban J connectivity index is 3.36. The van der Waals surface area contributed by atoms with Gasteiger partial charge in [0.2, 0.25) is 0 Å². The van der Waals surface area contributed by atoms with Gasteiger partial charge in [-0.25, -0.2) is 0 Å². The predicted octanol–water partition coefficient (Wildman–Crippen LogP) is -0.839. The maximum Gasteiger partial charge on any atom is 0.0242 e. The molecule has 0 aliphatic heterocycles. The highest BCUT2D eigenvalue weighted by molar-refractivity contribution is 7.98. The third kappa shape index (κ3) is 6.07. The minimum atomic E-state index is -2.67. The van der Waals surface area contributed by atoms with E-state index in [0.717, 1.165) is 6.42 Å². The van der Waals surface area contributed by atoms with Crippen LogP contribution >= 0.6 is 0 Å². The number of rotatable bonds is 2. The van der Waals surface area contributed by atoms with Gasteiger partial charge in [-0.1, -0.05) is 6.92 Å². The fraction of sp³-hybridized carbons (Fsp3) is 1.00. The second-order valence-electron chi connectivity index (χ2n) is 1.58. The van der Waals surface area contributed by atoms with Crippen molar-refractivity contribution in [3.05, 3.63) is 0 Å². The number of hydrogen-bond donors (Lipinski definition) is 3. The van der Waals surface area contributed by atoms with Crippen LogP contribution in [0.5, 0.6) is 0 Å². The zero-order valence-electron chi connectivity index (χ0n) is 4.42. The summed E-state index contributed by atoms with van der Waals surface area (Å²) in [5.41, 5.74) is 0. The van der Waals surface area contributed by atoms with Crippen LogP contribution in [0, 0.1) is 0 Å². The van der Waals surface area contributed by atoms with Crippen LogP contribution in [0.4, 0.5) is 0 Å². The van der Waals surface area contributed by atoms with Gasteiger partial charge in [0.1, 0.15) is 0 Å². The Morgan fingerprint density at radius 1 is 1.57 bits per heavy atom. The lowest BCUT2D eigenvalue weighted by molar-refractivity contribution is 0.671. The topological polar surface area (TPSA) is 69.1 Å². The molecule has 0 aromatic carbocycles. The molecule has 0 aromatic heterocycles. The SMILES string of the molecule is CCC[SH](N)(N)=O. The molecule has 0 saturated heterocycles. The van der Waals surface area contributed by atoms with E-state index in [1.807, 2.05) is 6.92 Å². The number of hydrogen-bond acceptors (Lipinski definition) is 1. The zero-order valence-corrected chi connectivity index (χ0v) is 5.32. The van der Waals surface area contributed by atoms with Crippen molar-refractivity contribution in [2.24, 2.45) is 10.3 Å². The molecule has 0 spiro atoms. The Labute approximate surface area is 44.8 Å². The van der Waals surface area contributed by atoms with E-state index in [4.69, 9.17) is 10.3 Å². The van der Waals surface area contributed by atoms with Gasteiger partial charge < -0.3 is 0 Å². The van der Waals surface area contributed by atoms with Gasteiger partial charge in [-0.2, -0.15) is 0 Å². The van der Waals surface area contributed by atoms with Crippen molar-refractivity contribution >= 4 is 10.3 Å². The Kier molecular flexibility index (Phi) is 2.42. The summed E-state index contributed by atoms with van der Waals surface area (Å²) < 4.78 is 10.4. The second kappa shape index (κ2) is 2.40. The first-order valence-corrected chi connectivity index (χ1v) is 4.25. The summed E-state index contributed by atoms with van der Waals surface area (Å²) in [4.78, 5) is 0. The molecule has 0 aliphatic rings. The van der Waals surface area contributed by atoms with E-state index >= 15 is 0 Å². The van der Waals surface area contributed by atoms with Crippen LogP contribution in [0.15, 0.2) is 0 Å². The molecule has 46 valence electrons. The van der Waals surface area contributed by atoms with Crippen LogP contribution in [-0.2, 0) is 10.3 Å². The van der Waals surface area contributed by atoms with Crippen molar-refractivity contribution in [2.75, 3.05) is 5.75 Å². The second-order valence-corrected chi connectivity index (χ2v) is 3.73. The zero-order chi connectivity index (χ0) is 5.91. The highest BCUT2D eigenvalue weighted by atomic mass is 32.3. The van der Waals surface area contributed by atoms with Crippen molar-refractivity contribution in [1.82, 2.24) is 0 Å². The average Bonchev–Trinajstić information content (AvgIpc) is 1.30. The van der Waals surface area contributed by atoms with Crippen LogP contribution in [0.25, 0.3) is 0 Å². The van der Waals surface area contributed by atoms with Gasteiger partial charge in [0.05, 0.1) is 0 Å². The van der Waals surface area contributed by atoms with Crippen molar-refractivity contribution in [3.63, 3.8) is 0 Å². The molecule has 0 saturated carbocycles. The minimum absolute atomic E-state index is 0.451. The lowest BCUT2D eigenvalue weighted by atomic mass is 10.6. The molecule has 0 atom stereocenters. The van der Waals surface area contributed by atoms with E-state index in [0.29, 0.717) is 5.75 Å². The van der Waals surface area contributed by atoms with Crippen LogP contribution in [0.2, 0.25) is 0 Å². The van der Waals surface area contributed by atoms with Crippen LogP contribution in [0.1, 0.15) is 13.3 Å². The van der Waals surface area contributed by atoms with E-state index in [9.17, 15) is 4.21 Å². The van der Waals surface area contributed by atoms with Gasteiger partial charge >= 0.3 is 0 Å². The molecule has 0 bridgehead atoms. The molecule has 7 heavy (non-hydrogen) atoms. The van der Waals surface area contributed by atoms with Gasteiger partial charge in [0.25, 0.3) is 0 Å². The monoisotopic (exact) mass is 124 g/mol. The molecular formula is C3H12N2OS. The minimum Gasteiger partial charge on any atom is -0.263 e. The fourth-order valence-electron chi connectivity index (χ4n) is 0.349. The lowest BCUT2D eigenvalue weighted by Gasteiger charge is -2.08. The van der Waals surface area contributed by atoms with Gasteiger partial charge in [0, 0.05) is 5.75 Å². The molecule has 4 N–H and O–H groups in total. The summed E-state index contributed by atoms with van der Waals surface area (Å²) in [6.07, 6.45) is 0.796. The number of nitrogens with two attached hydrogens (primary N) is 2. The van der Waals surface area contributed by atoms with Crippen LogP contribution < -0.4 is 10.3 Å². The maximum absolute atomic E-state index is 10.4. The van der Waals surface area contributed by atoms with Crippen LogP contribution in [0.3, 0.4) is 0 Å².